The Morgan fingerprint density at radius 1 is 1.35 bits per heavy atom. The maximum absolute atomic E-state index is 12.4. The van der Waals surface area contributed by atoms with Gasteiger partial charge in [-0.25, -0.2) is 0 Å². The molecule has 1 spiro atoms. The van der Waals surface area contributed by atoms with Gasteiger partial charge in [-0.3, -0.25) is 4.79 Å². The van der Waals surface area contributed by atoms with Gasteiger partial charge in [0.15, 0.2) is 0 Å². The van der Waals surface area contributed by atoms with Crippen LogP contribution in [0.1, 0.15) is 18.4 Å². The number of rotatable bonds is 3. The third-order valence-corrected chi connectivity index (χ3v) is 4.55. The van der Waals surface area contributed by atoms with E-state index in [1.165, 1.54) is 0 Å². The Balaban J connectivity index is 1.59. The summed E-state index contributed by atoms with van der Waals surface area (Å²) >= 11 is 0. The molecule has 2 heterocycles. The lowest BCUT2D eigenvalue weighted by Crippen LogP contribution is -2.44. The van der Waals surface area contributed by atoms with Crippen molar-refractivity contribution in [3.63, 3.8) is 0 Å². The summed E-state index contributed by atoms with van der Waals surface area (Å²) in [5, 5.41) is 0. The van der Waals surface area contributed by atoms with Crippen LogP contribution in [0.4, 0.5) is 0 Å². The van der Waals surface area contributed by atoms with E-state index < -0.39 is 6.04 Å². The summed E-state index contributed by atoms with van der Waals surface area (Å²) in [5.41, 5.74) is 7.42. The van der Waals surface area contributed by atoms with Crippen molar-refractivity contribution >= 4 is 5.91 Å². The number of likely N-dealkylation sites (tertiary alicyclic amines) is 1. The van der Waals surface area contributed by atoms with Crippen molar-refractivity contribution in [3.8, 4) is 0 Å². The predicted molar refractivity (Wildman–Crippen MR) is 77.2 cm³/mol. The van der Waals surface area contributed by atoms with Gasteiger partial charge in [0.2, 0.25) is 5.91 Å². The Kier molecular flexibility index (Phi) is 3.76. The average Bonchev–Trinajstić information content (AvgIpc) is 3.10. The van der Waals surface area contributed by atoms with Gasteiger partial charge in [0.05, 0.1) is 12.6 Å². The lowest BCUT2D eigenvalue weighted by atomic mass is 9.87. The van der Waals surface area contributed by atoms with E-state index in [1.807, 2.05) is 35.2 Å². The molecule has 4 heteroatoms. The molecule has 0 aromatic heterocycles. The fourth-order valence-electron chi connectivity index (χ4n) is 3.28. The van der Waals surface area contributed by atoms with E-state index in [-0.39, 0.29) is 11.3 Å². The molecule has 108 valence electrons. The summed E-state index contributed by atoms with van der Waals surface area (Å²) in [5.74, 6) is 0.0811. The van der Waals surface area contributed by atoms with Crippen molar-refractivity contribution in [2.24, 2.45) is 11.1 Å². The van der Waals surface area contributed by atoms with Crippen molar-refractivity contribution in [3.05, 3.63) is 35.9 Å². The third-order valence-electron chi connectivity index (χ3n) is 4.55. The minimum atomic E-state index is -0.435. The molecule has 2 N–H and O–H groups in total. The zero-order valence-corrected chi connectivity index (χ0v) is 11.8. The second kappa shape index (κ2) is 5.54. The van der Waals surface area contributed by atoms with Crippen LogP contribution in [0, 0.1) is 5.41 Å². The molecular formula is C16H22N2O2. The van der Waals surface area contributed by atoms with Crippen LogP contribution >= 0.6 is 0 Å². The van der Waals surface area contributed by atoms with Crippen LogP contribution in [0.2, 0.25) is 0 Å². The highest BCUT2D eigenvalue weighted by molar-refractivity contribution is 5.82. The zero-order valence-electron chi connectivity index (χ0n) is 11.8. The summed E-state index contributed by atoms with van der Waals surface area (Å²) in [4.78, 5) is 14.4. The maximum atomic E-state index is 12.4. The molecule has 1 aromatic carbocycles. The highest BCUT2D eigenvalue weighted by Crippen LogP contribution is 2.38. The van der Waals surface area contributed by atoms with E-state index in [1.54, 1.807) is 0 Å². The van der Waals surface area contributed by atoms with Gasteiger partial charge < -0.3 is 15.4 Å². The predicted octanol–water partition coefficient (Wildman–Crippen LogP) is 1.20. The molecule has 1 amide bonds. The average molecular weight is 274 g/mol. The van der Waals surface area contributed by atoms with Crippen molar-refractivity contribution in [1.82, 2.24) is 4.90 Å². The first-order valence-electron chi connectivity index (χ1n) is 7.35. The van der Waals surface area contributed by atoms with E-state index in [0.717, 1.165) is 44.7 Å². The van der Waals surface area contributed by atoms with Crippen LogP contribution < -0.4 is 5.73 Å². The number of hydrogen-bond acceptors (Lipinski definition) is 3. The highest BCUT2D eigenvalue weighted by atomic mass is 16.5. The van der Waals surface area contributed by atoms with Gasteiger partial charge in [-0.15, -0.1) is 0 Å². The normalized spacial score (nSPS) is 27.1. The smallest absolute Gasteiger partial charge is 0.239 e. The molecule has 0 saturated carbocycles. The molecule has 2 aliphatic heterocycles. The van der Waals surface area contributed by atoms with Crippen molar-refractivity contribution in [1.29, 1.82) is 0 Å². The second-order valence-corrected chi connectivity index (χ2v) is 6.11. The summed E-state index contributed by atoms with van der Waals surface area (Å²) in [6, 6.07) is 9.53. The summed E-state index contributed by atoms with van der Waals surface area (Å²) < 4.78 is 5.50. The summed E-state index contributed by atoms with van der Waals surface area (Å²) in [7, 11) is 0. The maximum Gasteiger partial charge on any atom is 0.239 e. The van der Waals surface area contributed by atoms with Gasteiger partial charge in [-0.1, -0.05) is 30.3 Å². The Morgan fingerprint density at radius 3 is 2.85 bits per heavy atom. The number of carbonyl (C=O) groups excluding carboxylic acids is 1. The minimum absolute atomic E-state index is 0.0811. The summed E-state index contributed by atoms with van der Waals surface area (Å²) in [6.45, 7) is 3.27. The third kappa shape index (κ3) is 2.72. The fraction of sp³-hybridized carbons (Fsp3) is 0.562. The van der Waals surface area contributed by atoms with Gasteiger partial charge in [-0.05, 0) is 24.8 Å². The highest BCUT2D eigenvalue weighted by Gasteiger charge is 2.43. The number of carbonyl (C=O) groups is 1. The molecule has 4 nitrogen and oxygen atoms in total. The number of nitrogens with two attached hydrogens (primary N) is 1. The molecule has 2 saturated heterocycles. The van der Waals surface area contributed by atoms with Crippen molar-refractivity contribution in [2.45, 2.75) is 25.3 Å². The number of benzene rings is 1. The molecule has 0 radical (unpaired) electrons. The molecule has 20 heavy (non-hydrogen) atoms. The van der Waals surface area contributed by atoms with Gasteiger partial charge in [0, 0.05) is 25.1 Å². The van der Waals surface area contributed by atoms with E-state index in [9.17, 15) is 4.79 Å². The van der Waals surface area contributed by atoms with Crippen LogP contribution in [0.15, 0.2) is 30.3 Å². The van der Waals surface area contributed by atoms with Crippen LogP contribution in [-0.2, 0) is 16.0 Å². The van der Waals surface area contributed by atoms with Crippen LogP contribution in [0.3, 0.4) is 0 Å². The van der Waals surface area contributed by atoms with E-state index in [2.05, 4.69) is 0 Å². The Hall–Kier alpha value is -1.39. The Labute approximate surface area is 119 Å². The monoisotopic (exact) mass is 274 g/mol. The SMILES string of the molecule is N[C@@H](Cc1ccccc1)C(=O)N1CC[C@@]2(CCOC2)C1. The van der Waals surface area contributed by atoms with Crippen LogP contribution in [0.25, 0.3) is 0 Å². The zero-order chi connectivity index (χ0) is 14.0. The van der Waals surface area contributed by atoms with Crippen LogP contribution in [-0.4, -0.2) is 43.2 Å². The lowest BCUT2D eigenvalue weighted by molar-refractivity contribution is -0.131. The molecule has 0 bridgehead atoms. The molecular weight excluding hydrogens is 252 g/mol. The van der Waals surface area contributed by atoms with Gasteiger partial charge >= 0.3 is 0 Å². The second-order valence-electron chi connectivity index (χ2n) is 6.11. The first-order valence-corrected chi connectivity index (χ1v) is 7.35. The molecule has 1 aromatic rings. The van der Waals surface area contributed by atoms with Crippen molar-refractivity contribution < 1.29 is 9.53 Å². The molecule has 2 atom stereocenters. The molecule has 2 fully saturated rings. The fourth-order valence-corrected chi connectivity index (χ4v) is 3.28. The summed E-state index contributed by atoms with van der Waals surface area (Å²) in [6.07, 6.45) is 2.74. The van der Waals surface area contributed by atoms with Crippen LogP contribution in [0.5, 0.6) is 0 Å². The van der Waals surface area contributed by atoms with E-state index >= 15 is 0 Å². The number of amides is 1. The quantitative estimate of drug-likeness (QED) is 0.901. The Bertz CT molecular complexity index is 469. The topological polar surface area (TPSA) is 55.6 Å². The number of ether oxygens (including phenoxy) is 1. The minimum Gasteiger partial charge on any atom is -0.381 e. The largest absolute Gasteiger partial charge is 0.381 e. The van der Waals surface area contributed by atoms with Gasteiger partial charge in [0.25, 0.3) is 0 Å². The van der Waals surface area contributed by atoms with E-state index in [0.29, 0.717) is 6.42 Å². The molecule has 3 rings (SSSR count). The number of nitrogens with zero attached hydrogens (tertiary/aromatic N) is 1. The van der Waals surface area contributed by atoms with E-state index in [4.69, 9.17) is 10.5 Å². The first kappa shape index (κ1) is 13.6. The van der Waals surface area contributed by atoms with Gasteiger partial charge in [-0.2, -0.15) is 0 Å². The lowest BCUT2D eigenvalue weighted by Gasteiger charge is -2.24. The Morgan fingerprint density at radius 2 is 2.15 bits per heavy atom. The number of hydrogen-bond donors (Lipinski definition) is 1. The first-order chi connectivity index (χ1) is 9.69. The van der Waals surface area contributed by atoms with Crippen molar-refractivity contribution in [2.75, 3.05) is 26.3 Å². The van der Waals surface area contributed by atoms with Gasteiger partial charge in [0.1, 0.15) is 0 Å². The molecule has 0 unspecified atom stereocenters. The molecule has 0 aliphatic carbocycles. The standard InChI is InChI=1S/C16H22N2O2/c17-14(10-13-4-2-1-3-5-13)15(19)18-8-6-16(11-18)7-9-20-12-16/h1-5,14H,6-12,17H2/t14-,16+/m0/s1. The molecule has 2 aliphatic rings.